The van der Waals surface area contributed by atoms with E-state index in [-0.39, 0.29) is 0 Å². The van der Waals surface area contributed by atoms with Gasteiger partial charge in [0, 0.05) is 26.2 Å². The van der Waals surface area contributed by atoms with Gasteiger partial charge in [-0.05, 0) is 38.1 Å². The standard InChI is InChI=1S/2C8H15N/c2*1-2-3-6-9-7-4-5-8-9/h2*4,7H,2-3,5-6,8H2,1H3. The van der Waals surface area contributed by atoms with Crippen LogP contribution in [0.15, 0.2) is 24.6 Å². The highest BCUT2D eigenvalue weighted by Crippen LogP contribution is 2.05. The third kappa shape index (κ3) is 6.73. The lowest BCUT2D eigenvalue weighted by Gasteiger charge is -2.13. The van der Waals surface area contributed by atoms with E-state index in [2.05, 4.69) is 48.2 Å². The van der Waals surface area contributed by atoms with Gasteiger partial charge in [0.2, 0.25) is 0 Å². The molecule has 2 heteroatoms. The van der Waals surface area contributed by atoms with Gasteiger partial charge >= 0.3 is 0 Å². The summed E-state index contributed by atoms with van der Waals surface area (Å²) in [5, 5.41) is 0. The summed E-state index contributed by atoms with van der Waals surface area (Å²) in [6.07, 6.45) is 16.7. The van der Waals surface area contributed by atoms with Crippen molar-refractivity contribution in [3.05, 3.63) is 24.6 Å². The molecule has 0 amide bonds. The zero-order valence-corrected chi connectivity index (χ0v) is 12.3. The summed E-state index contributed by atoms with van der Waals surface area (Å²) in [6, 6.07) is 0. The molecule has 18 heavy (non-hydrogen) atoms. The van der Waals surface area contributed by atoms with Crippen LogP contribution in [0.1, 0.15) is 52.4 Å². The minimum Gasteiger partial charge on any atom is -0.377 e. The van der Waals surface area contributed by atoms with Gasteiger partial charge < -0.3 is 9.80 Å². The molecule has 2 heterocycles. The highest BCUT2D eigenvalue weighted by atomic mass is 15.1. The molecule has 0 N–H and O–H groups in total. The first-order chi connectivity index (χ1) is 8.86. The van der Waals surface area contributed by atoms with Crippen LogP contribution in [0, 0.1) is 0 Å². The van der Waals surface area contributed by atoms with E-state index in [9.17, 15) is 0 Å². The molecule has 0 aromatic heterocycles. The molecule has 0 spiro atoms. The number of hydrogen-bond acceptors (Lipinski definition) is 2. The van der Waals surface area contributed by atoms with E-state index < -0.39 is 0 Å². The summed E-state index contributed by atoms with van der Waals surface area (Å²) in [7, 11) is 0. The molecule has 2 nitrogen and oxygen atoms in total. The Morgan fingerprint density at radius 3 is 1.50 bits per heavy atom. The Bertz CT molecular complexity index is 219. The van der Waals surface area contributed by atoms with Crippen molar-refractivity contribution in [1.29, 1.82) is 0 Å². The largest absolute Gasteiger partial charge is 0.377 e. The molecule has 0 unspecified atom stereocenters. The van der Waals surface area contributed by atoms with E-state index in [1.54, 1.807) is 0 Å². The highest BCUT2D eigenvalue weighted by molar-refractivity contribution is 4.91. The Morgan fingerprint density at radius 1 is 0.778 bits per heavy atom. The predicted octanol–water partition coefficient (Wildman–Crippen LogP) is 4.01. The Morgan fingerprint density at radius 2 is 1.22 bits per heavy atom. The second-order valence-corrected chi connectivity index (χ2v) is 5.13. The normalized spacial score (nSPS) is 17.2. The van der Waals surface area contributed by atoms with Crippen molar-refractivity contribution >= 4 is 0 Å². The molecule has 0 aliphatic carbocycles. The van der Waals surface area contributed by atoms with E-state index in [1.165, 1.54) is 64.7 Å². The minimum atomic E-state index is 1.25. The summed E-state index contributed by atoms with van der Waals surface area (Å²) >= 11 is 0. The van der Waals surface area contributed by atoms with Crippen molar-refractivity contribution < 1.29 is 0 Å². The highest BCUT2D eigenvalue weighted by Gasteiger charge is 2.01. The summed E-state index contributed by atoms with van der Waals surface area (Å²) in [4.78, 5) is 4.78. The summed E-state index contributed by atoms with van der Waals surface area (Å²) in [5.41, 5.74) is 0. The number of rotatable bonds is 6. The first-order valence-corrected chi connectivity index (χ1v) is 7.68. The molecule has 2 rings (SSSR count). The van der Waals surface area contributed by atoms with Gasteiger partial charge in [0.1, 0.15) is 0 Å². The maximum absolute atomic E-state index is 2.39. The van der Waals surface area contributed by atoms with Crippen LogP contribution in [0.5, 0.6) is 0 Å². The van der Waals surface area contributed by atoms with Crippen molar-refractivity contribution in [2.24, 2.45) is 0 Å². The maximum atomic E-state index is 2.39. The van der Waals surface area contributed by atoms with Crippen molar-refractivity contribution in [2.45, 2.75) is 52.4 Å². The van der Waals surface area contributed by atoms with Gasteiger partial charge in [-0.3, -0.25) is 0 Å². The predicted molar refractivity (Wildman–Crippen MR) is 80.5 cm³/mol. The maximum Gasteiger partial charge on any atom is 0.0207 e. The topological polar surface area (TPSA) is 6.48 Å². The fourth-order valence-corrected chi connectivity index (χ4v) is 2.17. The van der Waals surface area contributed by atoms with Gasteiger partial charge in [-0.25, -0.2) is 0 Å². The fraction of sp³-hybridized carbons (Fsp3) is 0.750. The quantitative estimate of drug-likeness (QED) is 0.703. The number of unbranched alkanes of at least 4 members (excludes halogenated alkanes) is 2. The van der Waals surface area contributed by atoms with Crippen LogP contribution < -0.4 is 0 Å². The second-order valence-electron chi connectivity index (χ2n) is 5.13. The lowest BCUT2D eigenvalue weighted by atomic mass is 10.3. The zero-order valence-electron chi connectivity index (χ0n) is 12.3. The molecule has 0 atom stereocenters. The molecular weight excluding hydrogens is 220 g/mol. The van der Waals surface area contributed by atoms with Crippen LogP contribution in [0.3, 0.4) is 0 Å². The third-order valence-electron chi connectivity index (χ3n) is 3.40. The van der Waals surface area contributed by atoms with Crippen LogP contribution in [0.25, 0.3) is 0 Å². The van der Waals surface area contributed by atoms with E-state index in [4.69, 9.17) is 0 Å². The van der Waals surface area contributed by atoms with Gasteiger partial charge in [0.25, 0.3) is 0 Å². The van der Waals surface area contributed by atoms with Crippen LogP contribution in [-0.4, -0.2) is 36.0 Å². The van der Waals surface area contributed by atoms with Gasteiger partial charge in [-0.2, -0.15) is 0 Å². The van der Waals surface area contributed by atoms with Crippen molar-refractivity contribution in [3.63, 3.8) is 0 Å². The van der Waals surface area contributed by atoms with Crippen LogP contribution >= 0.6 is 0 Å². The van der Waals surface area contributed by atoms with Crippen LogP contribution in [0.2, 0.25) is 0 Å². The Labute approximate surface area is 113 Å². The molecule has 0 bridgehead atoms. The van der Waals surface area contributed by atoms with Crippen LogP contribution in [-0.2, 0) is 0 Å². The third-order valence-corrected chi connectivity index (χ3v) is 3.40. The fourth-order valence-electron chi connectivity index (χ4n) is 2.17. The second kappa shape index (κ2) is 10.0. The van der Waals surface area contributed by atoms with Gasteiger partial charge in [-0.15, -0.1) is 0 Å². The Hall–Kier alpha value is -0.920. The van der Waals surface area contributed by atoms with Crippen molar-refractivity contribution in [2.75, 3.05) is 26.2 Å². The summed E-state index contributed by atoms with van der Waals surface area (Å²) in [6.45, 7) is 9.49. The average Bonchev–Trinajstić information content (AvgIpc) is 3.07. The van der Waals surface area contributed by atoms with Crippen molar-refractivity contribution in [1.82, 2.24) is 9.80 Å². The summed E-state index contributed by atoms with van der Waals surface area (Å²) in [5.74, 6) is 0. The first-order valence-electron chi connectivity index (χ1n) is 7.68. The van der Waals surface area contributed by atoms with E-state index in [1.807, 2.05) is 0 Å². The lowest BCUT2D eigenvalue weighted by Crippen LogP contribution is -2.15. The monoisotopic (exact) mass is 250 g/mol. The van der Waals surface area contributed by atoms with E-state index in [0.717, 1.165) is 0 Å². The summed E-state index contributed by atoms with van der Waals surface area (Å²) < 4.78 is 0. The van der Waals surface area contributed by atoms with E-state index >= 15 is 0 Å². The molecule has 0 aromatic rings. The van der Waals surface area contributed by atoms with E-state index in [0.29, 0.717) is 0 Å². The average molecular weight is 250 g/mol. The minimum absolute atomic E-state index is 1.25. The number of hydrogen-bond donors (Lipinski definition) is 0. The molecule has 104 valence electrons. The Kier molecular flexibility index (Phi) is 8.45. The molecular formula is C16H30N2. The molecule has 0 saturated heterocycles. The van der Waals surface area contributed by atoms with Gasteiger partial charge in [-0.1, -0.05) is 38.8 Å². The molecule has 0 aromatic carbocycles. The zero-order chi connectivity index (χ0) is 13.1. The molecule has 0 fully saturated rings. The van der Waals surface area contributed by atoms with Crippen molar-refractivity contribution in [3.8, 4) is 0 Å². The molecule has 2 aliphatic heterocycles. The number of nitrogens with zero attached hydrogens (tertiary/aromatic N) is 2. The molecule has 0 saturated carbocycles. The smallest absolute Gasteiger partial charge is 0.0207 e. The molecule has 2 aliphatic rings. The van der Waals surface area contributed by atoms with Gasteiger partial charge in [0.05, 0.1) is 0 Å². The first kappa shape index (κ1) is 15.1. The lowest BCUT2D eigenvalue weighted by molar-refractivity contribution is 0.396. The molecule has 0 radical (unpaired) electrons. The Balaban J connectivity index is 0.000000180. The van der Waals surface area contributed by atoms with Gasteiger partial charge in [0.15, 0.2) is 0 Å². The van der Waals surface area contributed by atoms with Crippen LogP contribution in [0.4, 0.5) is 0 Å². The SMILES string of the molecule is CCCCN1C=CCC1.CCCCN1C=CCC1.